The Balaban J connectivity index is 2.14. The monoisotopic (exact) mass is 386 g/mol. The zero-order valence-electron chi connectivity index (χ0n) is 13.2. The molecule has 25 heavy (non-hydrogen) atoms. The van der Waals surface area contributed by atoms with Crippen LogP contribution in [0, 0.1) is 11.6 Å². The fourth-order valence-electron chi connectivity index (χ4n) is 2.13. The van der Waals surface area contributed by atoms with Crippen molar-refractivity contribution >= 4 is 40.7 Å². The number of hydrogen-bond acceptors (Lipinski definition) is 2. The van der Waals surface area contributed by atoms with Crippen LogP contribution in [-0.2, 0) is 4.79 Å². The van der Waals surface area contributed by atoms with Crippen LogP contribution in [0.4, 0.5) is 14.5 Å². The first-order chi connectivity index (χ1) is 11.8. The number of nitrogens with one attached hydrogen (secondary N) is 1. The van der Waals surface area contributed by atoms with E-state index in [1.807, 2.05) is 0 Å². The lowest BCUT2D eigenvalue weighted by molar-refractivity contribution is -0.116. The van der Waals surface area contributed by atoms with Gasteiger partial charge in [0, 0.05) is 6.54 Å². The summed E-state index contributed by atoms with van der Waals surface area (Å²) in [5.41, 5.74) is -0.221. The molecule has 2 rings (SSSR count). The second-order valence-electron chi connectivity index (χ2n) is 5.09. The molecule has 4 nitrogen and oxygen atoms in total. The normalized spacial score (nSPS) is 10.4. The highest BCUT2D eigenvalue weighted by Gasteiger charge is 2.21. The Morgan fingerprint density at radius 3 is 2.36 bits per heavy atom. The number of hydrogen-bond donors (Lipinski definition) is 1. The minimum absolute atomic E-state index is 0.123. The van der Waals surface area contributed by atoms with E-state index in [-0.39, 0.29) is 28.8 Å². The van der Waals surface area contributed by atoms with E-state index < -0.39 is 29.0 Å². The molecule has 0 bridgehead atoms. The van der Waals surface area contributed by atoms with Crippen LogP contribution in [0.3, 0.4) is 0 Å². The van der Waals surface area contributed by atoms with Crippen LogP contribution >= 0.6 is 23.2 Å². The third kappa shape index (κ3) is 4.67. The first kappa shape index (κ1) is 19.1. The molecule has 132 valence electrons. The topological polar surface area (TPSA) is 49.4 Å². The molecule has 1 N–H and O–H groups in total. The Hall–Kier alpha value is -2.18. The highest BCUT2D eigenvalue weighted by atomic mass is 35.5. The van der Waals surface area contributed by atoms with Gasteiger partial charge in [0.25, 0.3) is 5.91 Å². The maximum atomic E-state index is 13.8. The number of anilines is 1. The van der Waals surface area contributed by atoms with Gasteiger partial charge in [-0.25, -0.2) is 8.78 Å². The summed E-state index contributed by atoms with van der Waals surface area (Å²) in [6, 6.07) is 7.29. The molecule has 0 aliphatic heterocycles. The van der Waals surface area contributed by atoms with Gasteiger partial charge in [0.2, 0.25) is 5.91 Å². The van der Waals surface area contributed by atoms with Gasteiger partial charge in [0.15, 0.2) is 0 Å². The SMILES string of the molecule is CCN(CC(=O)Nc1c(Cl)cccc1Cl)C(=O)c1cc(F)ccc1F. The molecule has 0 saturated carbocycles. The van der Waals surface area contributed by atoms with Crippen molar-refractivity contribution in [2.75, 3.05) is 18.4 Å². The summed E-state index contributed by atoms with van der Waals surface area (Å²) in [5.74, 6) is -2.96. The van der Waals surface area contributed by atoms with Gasteiger partial charge in [-0.1, -0.05) is 29.3 Å². The second-order valence-corrected chi connectivity index (χ2v) is 5.90. The molecule has 0 fully saturated rings. The molecule has 2 amide bonds. The molecule has 0 aromatic heterocycles. The Labute approximate surface area is 153 Å². The molecule has 0 aliphatic carbocycles. The van der Waals surface area contributed by atoms with E-state index in [0.29, 0.717) is 0 Å². The standard InChI is InChI=1S/C17H14Cl2F2N2O2/c1-2-23(17(25)11-8-10(20)6-7-14(11)21)9-15(24)22-16-12(18)4-3-5-13(16)19/h3-8H,2,9H2,1H3,(H,22,24). The summed E-state index contributed by atoms with van der Waals surface area (Å²) >= 11 is 11.9. The summed E-state index contributed by atoms with van der Waals surface area (Å²) in [4.78, 5) is 25.6. The molecule has 0 radical (unpaired) electrons. The number of halogens is 4. The van der Waals surface area contributed by atoms with E-state index in [2.05, 4.69) is 5.32 Å². The zero-order chi connectivity index (χ0) is 18.6. The highest BCUT2D eigenvalue weighted by Crippen LogP contribution is 2.29. The van der Waals surface area contributed by atoms with Crippen LogP contribution in [0.15, 0.2) is 36.4 Å². The van der Waals surface area contributed by atoms with Crippen LogP contribution in [0.2, 0.25) is 10.0 Å². The first-order valence-corrected chi connectivity index (χ1v) is 8.07. The van der Waals surface area contributed by atoms with Crippen molar-refractivity contribution in [2.24, 2.45) is 0 Å². The van der Waals surface area contributed by atoms with Crippen LogP contribution < -0.4 is 5.32 Å². The van der Waals surface area contributed by atoms with Gasteiger partial charge >= 0.3 is 0 Å². The van der Waals surface area contributed by atoms with Crippen LogP contribution in [0.25, 0.3) is 0 Å². The van der Waals surface area contributed by atoms with Gasteiger partial charge in [-0.3, -0.25) is 9.59 Å². The fraction of sp³-hybridized carbons (Fsp3) is 0.176. The molecule has 8 heteroatoms. The Morgan fingerprint density at radius 2 is 1.76 bits per heavy atom. The number of nitrogens with zero attached hydrogens (tertiary/aromatic N) is 1. The second kappa shape index (κ2) is 8.27. The number of amides is 2. The minimum Gasteiger partial charge on any atom is -0.330 e. The summed E-state index contributed by atoms with van der Waals surface area (Å²) in [6.45, 7) is 1.37. The molecule has 0 aliphatic rings. The van der Waals surface area contributed by atoms with E-state index >= 15 is 0 Å². The number of rotatable bonds is 5. The van der Waals surface area contributed by atoms with Gasteiger partial charge in [0.1, 0.15) is 18.2 Å². The maximum Gasteiger partial charge on any atom is 0.257 e. The third-order valence-corrected chi connectivity index (χ3v) is 4.02. The zero-order valence-corrected chi connectivity index (χ0v) is 14.7. The largest absolute Gasteiger partial charge is 0.330 e. The van der Waals surface area contributed by atoms with E-state index in [9.17, 15) is 18.4 Å². The average molecular weight is 387 g/mol. The van der Waals surface area contributed by atoms with Crippen LogP contribution in [0.1, 0.15) is 17.3 Å². The Bertz CT molecular complexity index is 795. The van der Waals surface area contributed by atoms with Crippen molar-refractivity contribution in [3.05, 3.63) is 63.6 Å². The molecule has 2 aromatic carbocycles. The van der Waals surface area contributed by atoms with Crippen molar-refractivity contribution in [3.63, 3.8) is 0 Å². The summed E-state index contributed by atoms with van der Waals surface area (Å²) in [6.07, 6.45) is 0. The lowest BCUT2D eigenvalue weighted by Gasteiger charge is -2.21. The highest BCUT2D eigenvalue weighted by molar-refractivity contribution is 6.39. The van der Waals surface area contributed by atoms with Crippen molar-refractivity contribution in [1.82, 2.24) is 4.90 Å². The summed E-state index contributed by atoms with van der Waals surface area (Å²) < 4.78 is 27.0. The number of para-hydroxylation sites is 1. The lowest BCUT2D eigenvalue weighted by Crippen LogP contribution is -2.38. The smallest absolute Gasteiger partial charge is 0.257 e. The Kier molecular flexibility index (Phi) is 6.33. The molecular formula is C17H14Cl2F2N2O2. The molecule has 0 saturated heterocycles. The molecule has 0 spiro atoms. The van der Waals surface area contributed by atoms with Crippen molar-refractivity contribution in [2.45, 2.75) is 6.92 Å². The van der Waals surface area contributed by atoms with Gasteiger partial charge < -0.3 is 10.2 Å². The summed E-state index contributed by atoms with van der Waals surface area (Å²) in [5, 5.41) is 3.00. The number of carbonyl (C=O) groups is 2. The predicted octanol–water partition coefficient (Wildman–Crippen LogP) is 4.37. The van der Waals surface area contributed by atoms with Crippen LogP contribution in [-0.4, -0.2) is 29.8 Å². The van der Waals surface area contributed by atoms with Crippen molar-refractivity contribution in [1.29, 1.82) is 0 Å². The first-order valence-electron chi connectivity index (χ1n) is 7.31. The predicted molar refractivity (Wildman–Crippen MR) is 93.0 cm³/mol. The van der Waals surface area contributed by atoms with Gasteiger partial charge in [0.05, 0.1) is 21.3 Å². The number of carbonyl (C=O) groups excluding carboxylic acids is 2. The number of benzene rings is 2. The van der Waals surface area contributed by atoms with Gasteiger partial charge in [-0.05, 0) is 37.3 Å². The number of likely N-dealkylation sites (N-methyl/N-ethyl adjacent to an activating group) is 1. The molecule has 0 atom stereocenters. The van der Waals surface area contributed by atoms with E-state index in [0.717, 1.165) is 23.1 Å². The van der Waals surface area contributed by atoms with Gasteiger partial charge in [-0.2, -0.15) is 0 Å². The van der Waals surface area contributed by atoms with E-state index in [1.165, 1.54) is 0 Å². The van der Waals surface area contributed by atoms with E-state index in [4.69, 9.17) is 23.2 Å². The van der Waals surface area contributed by atoms with Gasteiger partial charge in [-0.15, -0.1) is 0 Å². The minimum atomic E-state index is -0.862. The lowest BCUT2D eigenvalue weighted by atomic mass is 10.1. The molecule has 2 aromatic rings. The fourth-order valence-corrected chi connectivity index (χ4v) is 2.62. The quantitative estimate of drug-likeness (QED) is 0.828. The Morgan fingerprint density at radius 1 is 1.12 bits per heavy atom. The van der Waals surface area contributed by atoms with Crippen molar-refractivity contribution in [3.8, 4) is 0 Å². The molecular weight excluding hydrogens is 373 g/mol. The van der Waals surface area contributed by atoms with E-state index in [1.54, 1.807) is 25.1 Å². The molecule has 0 heterocycles. The molecule has 0 unspecified atom stereocenters. The summed E-state index contributed by atoms with van der Waals surface area (Å²) in [7, 11) is 0. The van der Waals surface area contributed by atoms with Crippen molar-refractivity contribution < 1.29 is 18.4 Å². The van der Waals surface area contributed by atoms with Crippen LogP contribution in [0.5, 0.6) is 0 Å². The maximum absolute atomic E-state index is 13.8. The average Bonchev–Trinajstić information content (AvgIpc) is 2.57. The third-order valence-electron chi connectivity index (χ3n) is 3.39.